The van der Waals surface area contributed by atoms with Crippen molar-refractivity contribution < 1.29 is 4.74 Å². The maximum Gasteiger partial charge on any atom is 0.212 e. The van der Waals surface area contributed by atoms with E-state index in [0.29, 0.717) is 10.9 Å². The predicted molar refractivity (Wildman–Crippen MR) is 97.0 cm³/mol. The molecule has 0 saturated heterocycles. The highest BCUT2D eigenvalue weighted by atomic mass is 35.5. The summed E-state index contributed by atoms with van der Waals surface area (Å²) in [6.07, 6.45) is 3.29. The summed E-state index contributed by atoms with van der Waals surface area (Å²) in [6, 6.07) is 15.4. The van der Waals surface area contributed by atoms with Crippen LogP contribution in [0.15, 0.2) is 65.1 Å². The summed E-state index contributed by atoms with van der Waals surface area (Å²) in [5.74, 6) is 1.46. The van der Waals surface area contributed by atoms with Gasteiger partial charge in [-0.3, -0.25) is 0 Å². The molecule has 0 radical (unpaired) electrons. The van der Waals surface area contributed by atoms with E-state index in [0.717, 1.165) is 21.9 Å². The molecular weight excluding hydrogens is 344 g/mol. The molecule has 122 valence electrons. The summed E-state index contributed by atoms with van der Waals surface area (Å²) >= 11 is 7.71. The van der Waals surface area contributed by atoms with Crippen LogP contribution >= 0.6 is 23.4 Å². The van der Waals surface area contributed by atoms with Gasteiger partial charge in [0.1, 0.15) is 12.1 Å². The molecule has 1 heterocycles. The van der Waals surface area contributed by atoms with Gasteiger partial charge >= 0.3 is 0 Å². The van der Waals surface area contributed by atoms with Gasteiger partial charge in [-0.05, 0) is 23.8 Å². The Balaban J connectivity index is 1.73. The maximum atomic E-state index is 6.18. The molecule has 0 atom stereocenters. The zero-order chi connectivity index (χ0) is 16.8. The second-order valence-corrected chi connectivity index (χ2v) is 6.17. The molecular formula is C17H15ClN4OS. The lowest BCUT2D eigenvalue weighted by molar-refractivity contribution is 0.414. The number of aromatic nitrogens is 3. The number of nitrogens with zero attached hydrogens (tertiary/aromatic N) is 4. The lowest BCUT2D eigenvalue weighted by atomic mass is 10.2. The van der Waals surface area contributed by atoms with Crippen molar-refractivity contribution in [3.05, 3.63) is 71.0 Å². The smallest absolute Gasteiger partial charge is 0.212 e. The minimum atomic E-state index is 0.695. The van der Waals surface area contributed by atoms with Crippen LogP contribution in [0.5, 0.6) is 5.75 Å². The summed E-state index contributed by atoms with van der Waals surface area (Å²) < 4.78 is 6.95. The van der Waals surface area contributed by atoms with Crippen molar-refractivity contribution in [3.8, 4) is 5.75 Å². The number of benzene rings is 2. The third-order valence-corrected chi connectivity index (χ3v) is 4.63. The van der Waals surface area contributed by atoms with Crippen LogP contribution in [0.4, 0.5) is 0 Å². The van der Waals surface area contributed by atoms with Gasteiger partial charge in [0.2, 0.25) is 5.16 Å². The Morgan fingerprint density at radius 2 is 2.00 bits per heavy atom. The number of rotatable bonds is 6. The molecule has 3 aromatic rings. The van der Waals surface area contributed by atoms with Crippen LogP contribution in [-0.4, -0.2) is 28.2 Å². The molecule has 2 aromatic carbocycles. The van der Waals surface area contributed by atoms with E-state index >= 15 is 0 Å². The number of ether oxygens (including phenoxy) is 1. The summed E-state index contributed by atoms with van der Waals surface area (Å²) in [5, 5.41) is 13.9. The fraction of sp³-hybridized carbons (Fsp3) is 0.118. The lowest BCUT2D eigenvalue weighted by Crippen LogP contribution is -1.95. The highest BCUT2D eigenvalue weighted by Crippen LogP contribution is 2.25. The van der Waals surface area contributed by atoms with Crippen LogP contribution in [0.1, 0.15) is 11.1 Å². The third-order valence-electron chi connectivity index (χ3n) is 3.28. The molecule has 0 spiro atoms. The fourth-order valence-electron chi connectivity index (χ4n) is 2.05. The first-order valence-electron chi connectivity index (χ1n) is 7.21. The van der Waals surface area contributed by atoms with Crippen molar-refractivity contribution in [2.75, 3.05) is 7.11 Å². The van der Waals surface area contributed by atoms with Crippen LogP contribution in [-0.2, 0) is 5.75 Å². The van der Waals surface area contributed by atoms with Gasteiger partial charge < -0.3 is 4.74 Å². The minimum absolute atomic E-state index is 0.695. The average Bonchev–Trinajstić information content (AvgIpc) is 3.07. The van der Waals surface area contributed by atoms with E-state index in [-0.39, 0.29) is 0 Å². The van der Waals surface area contributed by atoms with Crippen LogP contribution < -0.4 is 4.74 Å². The SMILES string of the molecule is COc1ccccc1/C=N/n1cnnc1SCc1ccccc1Cl. The lowest BCUT2D eigenvalue weighted by Gasteiger charge is -2.04. The van der Waals surface area contributed by atoms with Crippen molar-refractivity contribution >= 4 is 29.6 Å². The molecule has 1 aromatic heterocycles. The third kappa shape index (κ3) is 3.96. The number of hydrogen-bond donors (Lipinski definition) is 0. The van der Waals surface area contributed by atoms with Crippen molar-refractivity contribution in [1.82, 2.24) is 14.9 Å². The van der Waals surface area contributed by atoms with Crippen molar-refractivity contribution in [1.29, 1.82) is 0 Å². The molecule has 24 heavy (non-hydrogen) atoms. The first kappa shape index (κ1) is 16.5. The number of methoxy groups -OCH3 is 1. The second-order valence-electron chi connectivity index (χ2n) is 4.82. The standard InChI is InChI=1S/C17H15ClN4OS/c1-23-16-9-5-3-6-13(16)10-20-22-12-19-21-17(22)24-11-14-7-2-4-8-15(14)18/h2-10,12H,11H2,1H3/b20-10+. The summed E-state index contributed by atoms with van der Waals surface area (Å²) in [4.78, 5) is 0. The van der Waals surface area contributed by atoms with Crippen LogP contribution in [0, 0.1) is 0 Å². The molecule has 0 fully saturated rings. The molecule has 5 nitrogen and oxygen atoms in total. The number of halogens is 1. The Labute approximate surface area is 149 Å². The molecule has 0 bridgehead atoms. The zero-order valence-electron chi connectivity index (χ0n) is 13.0. The molecule has 0 unspecified atom stereocenters. The summed E-state index contributed by atoms with van der Waals surface area (Å²) in [7, 11) is 1.64. The molecule has 0 aliphatic heterocycles. The number of para-hydroxylation sites is 1. The monoisotopic (exact) mass is 358 g/mol. The van der Waals surface area contributed by atoms with Crippen molar-refractivity contribution in [2.45, 2.75) is 10.9 Å². The maximum absolute atomic E-state index is 6.18. The van der Waals surface area contributed by atoms with Gasteiger partial charge in [-0.15, -0.1) is 10.2 Å². The largest absolute Gasteiger partial charge is 0.496 e. The Morgan fingerprint density at radius 1 is 1.21 bits per heavy atom. The molecule has 0 aliphatic carbocycles. The Bertz CT molecular complexity index is 850. The van der Waals surface area contributed by atoms with Crippen LogP contribution in [0.3, 0.4) is 0 Å². The summed E-state index contributed by atoms with van der Waals surface area (Å²) in [5.41, 5.74) is 1.93. The van der Waals surface area contributed by atoms with Gasteiger partial charge in [0, 0.05) is 16.3 Å². The van der Waals surface area contributed by atoms with E-state index < -0.39 is 0 Å². The normalized spacial score (nSPS) is 11.1. The van der Waals surface area contributed by atoms with Gasteiger partial charge in [0.05, 0.1) is 13.3 Å². The van der Waals surface area contributed by atoms with Gasteiger partial charge in [-0.25, -0.2) is 0 Å². The van der Waals surface area contributed by atoms with E-state index in [4.69, 9.17) is 16.3 Å². The molecule has 0 saturated carbocycles. The first-order chi connectivity index (χ1) is 11.8. The van der Waals surface area contributed by atoms with Crippen LogP contribution in [0.25, 0.3) is 0 Å². The molecule has 7 heteroatoms. The van der Waals surface area contributed by atoms with Gasteiger partial charge in [0.25, 0.3) is 0 Å². The Hall–Kier alpha value is -2.31. The topological polar surface area (TPSA) is 52.3 Å². The highest BCUT2D eigenvalue weighted by molar-refractivity contribution is 7.98. The van der Waals surface area contributed by atoms with Crippen LogP contribution in [0.2, 0.25) is 5.02 Å². The molecule has 0 amide bonds. The van der Waals surface area contributed by atoms with Gasteiger partial charge in [-0.2, -0.15) is 9.78 Å². The number of hydrogen-bond acceptors (Lipinski definition) is 5. The molecule has 3 rings (SSSR count). The average molecular weight is 359 g/mol. The first-order valence-corrected chi connectivity index (χ1v) is 8.58. The Kier molecular flexibility index (Phi) is 5.51. The van der Waals surface area contributed by atoms with Gasteiger partial charge in [-0.1, -0.05) is 53.7 Å². The van der Waals surface area contributed by atoms with Crippen molar-refractivity contribution in [2.24, 2.45) is 5.10 Å². The highest BCUT2D eigenvalue weighted by Gasteiger charge is 2.07. The fourth-order valence-corrected chi connectivity index (χ4v) is 3.20. The molecule has 0 N–H and O–H groups in total. The van der Waals surface area contributed by atoms with Gasteiger partial charge in [0.15, 0.2) is 0 Å². The summed E-state index contributed by atoms with van der Waals surface area (Å²) in [6.45, 7) is 0. The van der Waals surface area contributed by atoms with E-state index in [1.165, 1.54) is 11.8 Å². The second kappa shape index (κ2) is 7.99. The predicted octanol–water partition coefficient (Wildman–Crippen LogP) is 4.11. The Morgan fingerprint density at radius 3 is 2.83 bits per heavy atom. The number of thioether (sulfide) groups is 1. The van der Waals surface area contributed by atoms with E-state index in [2.05, 4.69) is 15.3 Å². The van der Waals surface area contributed by atoms with E-state index in [1.54, 1.807) is 24.3 Å². The van der Waals surface area contributed by atoms with E-state index in [9.17, 15) is 0 Å². The zero-order valence-corrected chi connectivity index (χ0v) is 14.5. The van der Waals surface area contributed by atoms with Crippen molar-refractivity contribution in [3.63, 3.8) is 0 Å². The minimum Gasteiger partial charge on any atom is -0.496 e. The van der Waals surface area contributed by atoms with E-state index in [1.807, 2.05) is 48.5 Å². The quantitative estimate of drug-likeness (QED) is 0.491. The molecule has 0 aliphatic rings.